The first-order valence-corrected chi connectivity index (χ1v) is 26.2. The first-order valence-electron chi connectivity index (χ1n) is 27.7. The second-order valence-corrected chi connectivity index (χ2v) is 27.2. The van der Waals surface area contributed by atoms with Gasteiger partial charge in [0.1, 0.15) is 11.2 Å². The molecule has 3 nitrogen and oxygen atoms in total. The van der Waals surface area contributed by atoms with Gasteiger partial charge in [0.25, 0.3) is 6.71 Å². The zero-order valence-electron chi connectivity index (χ0n) is 47.3. The first-order chi connectivity index (χ1) is 33.4. The SMILES string of the molecule is [2H]C([2H])([2H])c1cc2c3c(c1)N(c1ccc(C(C)(C)C)c4oc5ccccc5c14)c1cc4c(cc1B3c1cc3c(cc1N2c1ccc2c(c1)C(C)(C)CCC2(C)C)C(C)(C)CCC3(C)C)C(C)(C)CCC4(C)C. The van der Waals surface area contributed by atoms with Crippen LogP contribution >= 0.6 is 0 Å². The Kier molecular flexibility index (Phi) is 8.44. The van der Waals surface area contributed by atoms with E-state index < -0.39 is 6.85 Å². The van der Waals surface area contributed by atoms with Crippen molar-refractivity contribution in [1.82, 2.24) is 0 Å². The maximum Gasteiger partial charge on any atom is 0.252 e. The van der Waals surface area contributed by atoms with Gasteiger partial charge in [0.15, 0.2) is 0 Å². The van der Waals surface area contributed by atoms with Crippen molar-refractivity contribution >= 4 is 79.2 Å². The molecule has 2 aliphatic heterocycles. The highest BCUT2D eigenvalue weighted by Gasteiger charge is 2.49. The largest absolute Gasteiger partial charge is 0.456 e. The fraction of sp³-hybridized carbons (Fsp3) is 0.446. The van der Waals surface area contributed by atoms with Crippen LogP contribution in [-0.4, -0.2) is 6.71 Å². The van der Waals surface area contributed by atoms with E-state index in [0.717, 1.165) is 106 Å². The lowest BCUT2D eigenvalue weighted by Crippen LogP contribution is -2.62. The van der Waals surface area contributed by atoms with Gasteiger partial charge in [-0.25, -0.2) is 0 Å². The molecule has 0 N–H and O–H groups in total. The number of benzene rings is 6. The van der Waals surface area contributed by atoms with Gasteiger partial charge in [-0.05, 0) is 187 Å². The van der Waals surface area contributed by atoms with Crippen LogP contribution in [0.2, 0.25) is 0 Å². The molecule has 0 spiro atoms. The van der Waals surface area contributed by atoms with Crippen molar-refractivity contribution in [2.75, 3.05) is 9.80 Å². The van der Waals surface area contributed by atoms with Crippen LogP contribution in [0.4, 0.5) is 34.1 Å². The number of furan rings is 1. The van der Waals surface area contributed by atoms with Crippen LogP contribution in [0.25, 0.3) is 21.9 Å². The summed E-state index contributed by atoms with van der Waals surface area (Å²) in [4.78, 5) is 4.97. The molecule has 0 radical (unpaired) electrons. The third-order valence-corrected chi connectivity index (χ3v) is 18.7. The molecule has 0 bridgehead atoms. The Balaban J connectivity index is 1.27. The summed E-state index contributed by atoms with van der Waals surface area (Å²) in [6, 6.07) is 34.6. The Hall–Kier alpha value is -5.22. The zero-order valence-corrected chi connectivity index (χ0v) is 44.3. The van der Waals surface area contributed by atoms with Crippen molar-refractivity contribution in [3.8, 4) is 0 Å². The molecule has 0 amide bonds. The number of hydrogen-bond acceptors (Lipinski definition) is 3. The summed E-state index contributed by atoms with van der Waals surface area (Å²) in [5.41, 5.74) is 21.2. The average Bonchev–Trinajstić information content (AvgIpc) is 3.69. The third-order valence-electron chi connectivity index (χ3n) is 18.7. The molecule has 4 heteroatoms. The molecule has 0 unspecified atom stereocenters. The number of nitrogens with zero attached hydrogens (tertiary/aromatic N) is 2. The molecule has 1 aromatic heterocycles. The highest BCUT2D eigenvalue weighted by molar-refractivity contribution is 7.00. The first kappa shape index (κ1) is 41.6. The van der Waals surface area contributed by atoms with Crippen molar-refractivity contribution in [1.29, 1.82) is 0 Å². The topological polar surface area (TPSA) is 19.6 Å². The lowest BCUT2D eigenvalue weighted by atomic mass is 9.32. The Morgan fingerprint density at radius 2 is 0.971 bits per heavy atom. The van der Waals surface area contributed by atoms with Crippen molar-refractivity contribution in [2.45, 2.75) is 187 Å². The van der Waals surface area contributed by atoms with Gasteiger partial charge in [-0.2, -0.15) is 0 Å². The summed E-state index contributed by atoms with van der Waals surface area (Å²) in [6.07, 6.45) is 6.63. The normalized spacial score (nSPS) is 21.6. The molecule has 354 valence electrons. The molecule has 7 aromatic rings. The fourth-order valence-corrected chi connectivity index (χ4v) is 14.0. The van der Waals surface area contributed by atoms with Crippen LogP contribution in [0.5, 0.6) is 0 Å². The van der Waals surface area contributed by atoms with E-state index in [1.165, 1.54) is 44.3 Å². The van der Waals surface area contributed by atoms with Crippen LogP contribution in [0.15, 0.2) is 95.4 Å². The molecule has 3 heterocycles. The minimum absolute atomic E-state index is 0.0305. The predicted octanol–water partition coefficient (Wildman–Crippen LogP) is 16.3. The van der Waals surface area contributed by atoms with Crippen LogP contribution in [-0.2, 0) is 37.9 Å². The van der Waals surface area contributed by atoms with E-state index >= 15 is 0 Å². The number of para-hydroxylation sites is 1. The molecule has 6 aromatic carbocycles. The highest BCUT2D eigenvalue weighted by atomic mass is 16.3. The maximum atomic E-state index is 9.31. The van der Waals surface area contributed by atoms with E-state index in [4.69, 9.17) is 4.42 Å². The van der Waals surface area contributed by atoms with Gasteiger partial charge in [-0.15, -0.1) is 0 Å². The Bertz CT molecular complexity index is 3480. The fourth-order valence-electron chi connectivity index (χ4n) is 14.0. The molecule has 5 aliphatic rings. The van der Waals surface area contributed by atoms with Crippen LogP contribution in [0.3, 0.4) is 0 Å². The summed E-state index contributed by atoms with van der Waals surface area (Å²) in [6.45, 7) is 33.3. The molecule has 69 heavy (non-hydrogen) atoms. The predicted molar refractivity (Wildman–Crippen MR) is 297 cm³/mol. The molecule has 3 aliphatic carbocycles. The summed E-state index contributed by atoms with van der Waals surface area (Å²) < 4.78 is 34.9. The van der Waals surface area contributed by atoms with E-state index in [9.17, 15) is 4.11 Å². The molecule has 0 fully saturated rings. The molecular formula is C65H75BN2O. The van der Waals surface area contributed by atoms with Gasteiger partial charge in [0, 0.05) is 43.5 Å². The minimum Gasteiger partial charge on any atom is -0.456 e. The van der Waals surface area contributed by atoms with Crippen LogP contribution in [0, 0.1) is 6.85 Å². The van der Waals surface area contributed by atoms with E-state index in [1.807, 2.05) is 12.1 Å². The summed E-state index contributed by atoms with van der Waals surface area (Å²) in [5.74, 6) is 0. The monoisotopic (exact) mass is 914 g/mol. The molecular weight excluding hydrogens is 836 g/mol. The second kappa shape index (κ2) is 14.0. The standard InChI is InChI=1S/C65H75BN2O/c1-38-31-53-57-54(32-38)68(50-24-23-42(59(2,3)4)58-56(50)40-19-17-18-20-55(40)69-58)52-37-47-45(63(11,12)28-30-65(47,15)16)35-49(52)66(57)48-34-44-46(64(13,14)29-27-62(44,9)10)36-51(48)67(53)39-21-22-41-43(33-39)61(7,8)26-25-60(41,5)6/h17-24,31-37H,25-30H2,1-16H3/i1D3. The number of fused-ring (bicyclic) bond motifs is 10. The Labute approximate surface area is 418 Å². The van der Waals surface area contributed by atoms with Gasteiger partial charge in [-0.3, -0.25) is 0 Å². The van der Waals surface area contributed by atoms with E-state index in [1.54, 1.807) is 0 Å². The van der Waals surface area contributed by atoms with Crippen LogP contribution in [0.1, 0.15) is 191 Å². The van der Waals surface area contributed by atoms with E-state index in [0.29, 0.717) is 5.56 Å². The molecule has 0 saturated heterocycles. The quantitative estimate of drug-likeness (QED) is 0.161. The van der Waals surface area contributed by atoms with Crippen LogP contribution < -0.4 is 26.2 Å². The zero-order chi connectivity index (χ0) is 51.4. The van der Waals surface area contributed by atoms with Gasteiger partial charge in [-0.1, -0.05) is 146 Å². The number of anilines is 6. The van der Waals surface area contributed by atoms with Crippen molar-refractivity contribution in [2.24, 2.45) is 0 Å². The van der Waals surface area contributed by atoms with Crippen molar-refractivity contribution < 1.29 is 8.53 Å². The number of rotatable bonds is 2. The Morgan fingerprint density at radius 1 is 0.493 bits per heavy atom. The summed E-state index contributed by atoms with van der Waals surface area (Å²) in [7, 11) is 0. The summed E-state index contributed by atoms with van der Waals surface area (Å²) in [5, 5.41) is 2.11. The van der Waals surface area contributed by atoms with Gasteiger partial charge in [0.2, 0.25) is 0 Å². The molecule has 12 rings (SSSR count). The summed E-state index contributed by atoms with van der Waals surface area (Å²) >= 11 is 0. The second-order valence-electron chi connectivity index (χ2n) is 27.2. The van der Waals surface area contributed by atoms with Crippen molar-refractivity contribution in [3.63, 3.8) is 0 Å². The van der Waals surface area contributed by atoms with Gasteiger partial charge < -0.3 is 14.2 Å². The van der Waals surface area contributed by atoms with Gasteiger partial charge in [0.05, 0.1) is 11.1 Å². The number of hydrogen-bond donors (Lipinski definition) is 0. The molecule has 0 saturated carbocycles. The average molecular weight is 914 g/mol. The smallest absolute Gasteiger partial charge is 0.252 e. The van der Waals surface area contributed by atoms with Gasteiger partial charge >= 0.3 is 0 Å². The molecule has 0 atom stereocenters. The van der Waals surface area contributed by atoms with Crippen molar-refractivity contribution in [3.05, 3.63) is 136 Å². The highest BCUT2D eigenvalue weighted by Crippen LogP contribution is 2.55. The van der Waals surface area contributed by atoms with E-state index in [-0.39, 0.29) is 44.6 Å². The number of aryl methyl sites for hydroxylation is 1. The maximum absolute atomic E-state index is 9.31. The minimum atomic E-state index is -2.39. The lowest BCUT2D eigenvalue weighted by molar-refractivity contribution is 0.332. The Morgan fingerprint density at radius 3 is 1.51 bits per heavy atom. The third kappa shape index (κ3) is 6.37. The van der Waals surface area contributed by atoms with E-state index in [2.05, 4.69) is 193 Å². The lowest BCUT2D eigenvalue weighted by Gasteiger charge is -2.49.